The molecule has 0 bridgehead atoms. The van der Waals surface area contributed by atoms with Crippen LogP contribution in [-0.2, 0) is 4.74 Å². The first-order valence-corrected chi connectivity index (χ1v) is 14.7. The molecule has 1 unspecified atom stereocenters. The number of likely N-dealkylation sites (tertiary alicyclic amines) is 1. The number of piperidine rings is 1. The van der Waals surface area contributed by atoms with Crippen LogP contribution >= 0.6 is 11.6 Å². The van der Waals surface area contributed by atoms with Crippen molar-refractivity contribution in [1.82, 2.24) is 9.88 Å². The van der Waals surface area contributed by atoms with Gasteiger partial charge in [-0.1, -0.05) is 11.6 Å². The van der Waals surface area contributed by atoms with Crippen LogP contribution in [0.25, 0.3) is 0 Å². The Morgan fingerprint density at radius 2 is 1.77 bits per heavy atom. The van der Waals surface area contributed by atoms with E-state index in [0.717, 1.165) is 43.8 Å². The summed E-state index contributed by atoms with van der Waals surface area (Å²) in [4.78, 5) is 35.2. The first-order chi connectivity index (χ1) is 20.7. The number of nitrogens with one attached hydrogen (secondary N) is 2. The summed E-state index contributed by atoms with van der Waals surface area (Å²) in [5.74, 6) is -1.07. The summed E-state index contributed by atoms with van der Waals surface area (Å²) in [6.07, 6.45) is 2.34. The Bertz CT molecular complexity index is 1430. The van der Waals surface area contributed by atoms with Crippen molar-refractivity contribution in [3.63, 3.8) is 0 Å². The molecule has 2 amide bonds. The lowest BCUT2D eigenvalue weighted by atomic mass is 10.1. The van der Waals surface area contributed by atoms with Crippen LogP contribution in [-0.4, -0.2) is 85.0 Å². The van der Waals surface area contributed by atoms with E-state index in [2.05, 4.69) is 25.4 Å². The highest BCUT2D eigenvalue weighted by molar-refractivity contribution is 6.30. The number of pyridine rings is 1. The summed E-state index contributed by atoms with van der Waals surface area (Å²) >= 11 is 5.88. The molecule has 0 spiro atoms. The number of nitrogens with zero attached hydrogens (tertiary/aromatic N) is 3. The van der Waals surface area contributed by atoms with E-state index in [1.807, 2.05) is 12.1 Å². The molecule has 5 rings (SSSR count). The van der Waals surface area contributed by atoms with E-state index >= 15 is 0 Å². The monoisotopic (exact) mass is 611 g/mol. The van der Waals surface area contributed by atoms with E-state index in [0.29, 0.717) is 43.6 Å². The number of carbonyl (C=O) groups is 2. The Morgan fingerprint density at radius 3 is 2.47 bits per heavy atom. The van der Waals surface area contributed by atoms with E-state index in [4.69, 9.17) is 21.1 Å². The molecular weight excluding hydrogens is 577 g/mol. The van der Waals surface area contributed by atoms with Crippen LogP contribution in [0.2, 0.25) is 5.02 Å². The minimum atomic E-state index is -0.612. The summed E-state index contributed by atoms with van der Waals surface area (Å²) in [5, 5.41) is 15.5. The number of carbonyl (C=O) groups excluding carboxylic acids is 2. The fourth-order valence-corrected chi connectivity index (χ4v) is 5.33. The lowest BCUT2D eigenvalue weighted by molar-refractivity contribution is 0.0665. The molecule has 0 saturated carbocycles. The van der Waals surface area contributed by atoms with Crippen molar-refractivity contribution in [3.05, 3.63) is 76.7 Å². The Hall–Kier alpha value is -3.77. The summed E-state index contributed by atoms with van der Waals surface area (Å²) < 4.78 is 26.3. The molecule has 10 nitrogen and oxygen atoms in total. The number of benzene rings is 2. The second-order valence-electron chi connectivity index (χ2n) is 10.7. The minimum absolute atomic E-state index is 0.00565. The standard InChI is InChI=1S/C31H35ClFN5O5/c1-20(39)19-37-10-8-24(9-11-37)43-28-17-23(38-12-14-42-15-13-38)4-6-26(28)31(41)35-27-16-22(33)3-5-25(27)30(40)36-29-7-2-21(32)18-34-29/h2-7,16-18,20,24,39H,8-15,19H2,1H3,(H,35,41)(H,34,36,40). The van der Waals surface area contributed by atoms with Crippen molar-refractivity contribution in [1.29, 1.82) is 0 Å². The van der Waals surface area contributed by atoms with Gasteiger partial charge in [-0.25, -0.2) is 9.37 Å². The molecule has 3 N–H and O–H groups in total. The van der Waals surface area contributed by atoms with Crippen LogP contribution in [0.15, 0.2) is 54.7 Å². The topological polar surface area (TPSA) is 116 Å². The van der Waals surface area contributed by atoms with Gasteiger partial charge in [0.25, 0.3) is 11.8 Å². The van der Waals surface area contributed by atoms with Gasteiger partial charge >= 0.3 is 0 Å². The lowest BCUT2D eigenvalue weighted by Crippen LogP contribution is -2.41. The number of hydrogen-bond acceptors (Lipinski definition) is 8. The molecule has 0 aliphatic carbocycles. The van der Waals surface area contributed by atoms with Crippen LogP contribution in [0.4, 0.5) is 21.6 Å². The van der Waals surface area contributed by atoms with Gasteiger partial charge < -0.3 is 35.0 Å². The second kappa shape index (κ2) is 14.1. The van der Waals surface area contributed by atoms with Crippen molar-refractivity contribution in [2.45, 2.75) is 32.0 Å². The maximum atomic E-state index is 14.3. The zero-order chi connectivity index (χ0) is 30.3. The number of rotatable bonds is 9. The number of amides is 2. The smallest absolute Gasteiger partial charge is 0.259 e. The van der Waals surface area contributed by atoms with Gasteiger partial charge in [0.05, 0.1) is 41.2 Å². The molecule has 228 valence electrons. The highest BCUT2D eigenvalue weighted by Crippen LogP contribution is 2.31. The van der Waals surface area contributed by atoms with E-state index in [1.165, 1.54) is 18.3 Å². The van der Waals surface area contributed by atoms with Crippen molar-refractivity contribution in [2.24, 2.45) is 0 Å². The summed E-state index contributed by atoms with van der Waals surface area (Å²) in [5.41, 5.74) is 1.23. The number of hydrogen-bond donors (Lipinski definition) is 3. The van der Waals surface area contributed by atoms with Gasteiger partial charge in [-0.2, -0.15) is 0 Å². The van der Waals surface area contributed by atoms with Gasteiger partial charge in [-0.3, -0.25) is 9.59 Å². The molecule has 2 fully saturated rings. The van der Waals surface area contributed by atoms with Crippen molar-refractivity contribution < 1.29 is 28.6 Å². The molecule has 2 aliphatic heterocycles. The molecule has 2 aliphatic rings. The molecule has 0 radical (unpaired) electrons. The Kier molecular flexibility index (Phi) is 10.1. The van der Waals surface area contributed by atoms with Gasteiger partial charge in [0, 0.05) is 50.7 Å². The van der Waals surface area contributed by atoms with Gasteiger partial charge in [0.2, 0.25) is 0 Å². The van der Waals surface area contributed by atoms with Crippen molar-refractivity contribution in [3.8, 4) is 5.75 Å². The van der Waals surface area contributed by atoms with Crippen LogP contribution in [0, 0.1) is 5.82 Å². The number of aromatic nitrogens is 1. The Labute approximate surface area is 254 Å². The molecule has 1 aromatic heterocycles. The average molecular weight is 612 g/mol. The number of ether oxygens (including phenoxy) is 2. The number of β-amino-alcohol motifs (C(OH)–C–C–N with tert-alkyl or cyclic N) is 1. The van der Waals surface area contributed by atoms with Crippen molar-refractivity contribution >= 4 is 40.6 Å². The molecular formula is C31H35ClFN5O5. The number of halogens is 2. The van der Waals surface area contributed by atoms with E-state index in [9.17, 15) is 19.1 Å². The first-order valence-electron chi connectivity index (χ1n) is 14.3. The highest BCUT2D eigenvalue weighted by Gasteiger charge is 2.25. The predicted octanol–water partition coefficient (Wildman–Crippen LogP) is 4.44. The minimum Gasteiger partial charge on any atom is -0.489 e. The van der Waals surface area contributed by atoms with E-state index < -0.39 is 23.7 Å². The van der Waals surface area contributed by atoms with E-state index in [1.54, 1.807) is 19.1 Å². The molecule has 2 aromatic carbocycles. The zero-order valence-corrected chi connectivity index (χ0v) is 24.6. The molecule has 1 atom stereocenters. The van der Waals surface area contributed by atoms with Crippen LogP contribution in [0.3, 0.4) is 0 Å². The Balaban J connectivity index is 1.37. The van der Waals surface area contributed by atoms with Crippen LogP contribution in [0.1, 0.15) is 40.5 Å². The Morgan fingerprint density at radius 1 is 1.05 bits per heavy atom. The lowest BCUT2D eigenvalue weighted by Gasteiger charge is -2.33. The maximum Gasteiger partial charge on any atom is 0.259 e. The fourth-order valence-electron chi connectivity index (χ4n) is 5.22. The SMILES string of the molecule is CC(O)CN1CCC(Oc2cc(N3CCOCC3)ccc2C(=O)Nc2cc(F)ccc2C(=O)Nc2ccc(Cl)cn2)CC1. The predicted molar refractivity (Wildman–Crippen MR) is 163 cm³/mol. The van der Waals surface area contributed by atoms with Gasteiger partial charge in [-0.05, 0) is 62.2 Å². The van der Waals surface area contributed by atoms with Gasteiger partial charge in [-0.15, -0.1) is 0 Å². The van der Waals surface area contributed by atoms with Crippen LogP contribution in [0.5, 0.6) is 5.75 Å². The summed E-state index contributed by atoms with van der Waals surface area (Å²) in [6, 6.07) is 12.1. The quantitative estimate of drug-likeness (QED) is 0.325. The van der Waals surface area contributed by atoms with Crippen LogP contribution < -0.4 is 20.3 Å². The molecule has 2 saturated heterocycles. The number of aliphatic hydroxyl groups excluding tert-OH is 1. The maximum absolute atomic E-state index is 14.3. The van der Waals surface area contributed by atoms with Gasteiger partial charge in [0.1, 0.15) is 23.5 Å². The fraction of sp³-hybridized carbons (Fsp3) is 0.387. The van der Waals surface area contributed by atoms with Crippen molar-refractivity contribution in [2.75, 3.05) is 61.5 Å². The molecule has 3 aromatic rings. The molecule has 12 heteroatoms. The second-order valence-corrected chi connectivity index (χ2v) is 11.1. The number of anilines is 3. The number of morpholine rings is 1. The molecule has 43 heavy (non-hydrogen) atoms. The summed E-state index contributed by atoms with van der Waals surface area (Å²) in [6.45, 7) is 6.55. The largest absolute Gasteiger partial charge is 0.489 e. The third kappa shape index (κ3) is 8.20. The summed E-state index contributed by atoms with van der Waals surface area (Å²) in [7, 11) is 0. The normalized spacial score (nSPS) is 16.9. The zero-order valence-electron chi connectivity index (χ0n) is 23.9. The van der Waals surface area contributed by atoms with E-state index in [-0.39, 0.29) is 28.7 Å². The average Bonchev–Trinajstić information content (AvgIpc) is 2.99. The highest BCUT2D eigenvalue weighted by atomic mass is 35.5. The third-order valence-electron chi connectivity index (χ3n) is 7.38. The third-order valence-corrected chi connectivity index (χ3v) is 7.60. The molecule has 3 heterocycles. The number of aliphatic hydroxyl groups is 1. The van der Waals surface area contributed by atoms with Gasteiger partial charge in [0.15, 0.2) is 0 Å². The first kappa shape index (κ1) is 30.7.